The largest absolute Gasteiger partial charge is 0.496 e. The van der Waals surface area contributed by atoms with Crippen LogP contribution < -0.4 is 15.8 Å². The molecule has 0 unspecified atom stereocenters. The lowest BCUT2D eigenvalue weighted by molar-refractivity contribution is -0.128. The lowest BCUT2D eigenvalue weighted by atomic mass is 10.1. The van der Waals surface area contributed by atoms with Crippen molar-refractivity contribution < 1.29 is 14.3 Å². The Balaban J connectivity index is 2.66. The average molecular weight is 265 g/mol. The summed E-state index contributed by atoms with van der Waals surface area (Å²) in [5.41, 5.74) is 6.40. The van der Waals surface area contributed by atoms with Gasteiger partial charge in [0.1, 0.15) is 11.3 Å². The zero-order valence-electron chi connectivity index (χ0n) is 11.4. The van der Waals surface area contributed by atoms with Gasteiger partial charge in [-0.25, -0.2) is 0 Å². The Morgan fingerprint density at radius 2 is 2.05 bits per heavy atom. The fraction of sp³-hybridized carbons (Fsp3) is 0.385. The first-order valence-corrected chi connectivity index (χ1v) is 5.88. The molecule has 1 aromatic rings. The molecular weight excluding hydrogens is 246 g/mol. The molecule has 1 rings (SSSR count). The van der Waals surface area contributed by atoms with Gasteiger partial charge in [-0.15, -0.1) is 0 Å². The smallest absolute Gasteiger partial charge is 0.257 e. The third kappa shape index (κ3) is 3.87. The van der Waals surface area contributed by atoms with Crippen molar-refractivity contribution in [1.29, 1.82) is 0 Å². The van der Waals surface area contributed by atoms with E-state index in [9.17, 15) is 9.59 Å². The molecule has 0 radical (unpaired) electrons. The summed E-state index contributed by atoms with van der Waals surface area (Å²) in [6.45, 7) is 0.257. The van der Waals surface area contributed by atoms with E-state index in [4.69, 9.17) is 10.5 Å². The average Bonchev–Trinajstić information content (AvgIpc) is 2.37. The highest BCUT2D eigenvalue weighted by Gasteiger charge is 2.15. The molecule has 0 aliphatic carbocycles. The van der Waals surface area contributed by atoms with Gasteiger partial charge < -0.3 is 20.7 Å². The molecule has 0 fully saturated rings. The molecule has 0 atom stereocenters. The summed E-state index contributed by atoms with van der Waals surface area (Å²) < 4.78 is 5.10. The Labute approximate surface area is 112 Å². The number of nitrogens with two attached hydrogens (primary N) is 1. The Morgan fingerprint density at radius 3 is 2.63 bits per heavy atom. The Bertz CT molecular complexity index is 472. The van der Waals surface area contributed by atoms with Crippen LogP contribution in [0.2, 0.25) is 0 Å². The minimum atomic E-state index is -0.346. The highest BCUT2D eigenvalue weighted by molar-refractivity contribution is 6.02. The first-order chi connectivity index (χ1) is 8.97. The van der Waals surface area contributed by atoms with E-state index < -0.39 is 0 Å². The van der Waals surface area contributed by atoms with E-state index in [1.165, 1.54) is 12.0 Å². The number of hydrogen-bond donors (Lipinski definition) is 2. The molecule has 6 nitrogen and oxygen atoms in total. The number of amides is 2. The van der Waals surface area contributed by atoms with Crippen LogP contribution >= 0.6 is 0 Å². The normalized spacial score (nSPS) is 9.84. The van der Waals surface area contributed by atoms with E-state index in [1.54, 1.807) is 32.3 Å². The number of nitrogens with one attached hydrogen (secondary N) is 1. The molecule has 0 saturated heterocycles. The van der Waals surface area contributed by atoms with Crippen molar-refractivity contribution in [3.63, 3.8) is 0 Å². The van der Waals surface area contributed by atoms with Gasteiger partial charge in [0.05, 0.1) is 7.11 Å². The van der Waals surface area contributed by atoms with Gasteiger partial charge >= 0.3 is 0 Å². The van der Waals surface area contributed by atoms with Gasteiger partial charge in [-0.05, 0) is 12.1 Å². The molecule has 0 bridgehead atoms. The van der Waals surface area contributed by atoms with Gasteiger partial charge in [0.25, 0.3) is 5.91 Å². The number of carbonyl (C=O) groups excluding carboxylic acids is 2. The fourth-order valence-electron chi connectivity index (χ4n) is 1.56. The monoisotopic (exact) mass is 265 g/mol. The number of nitrogens with zero attached hydrogens (tertiary/aromatic N) is 1. The minimum Gasteiger partial charge on any atom is -0.496 e. The maximum Gasteiger partial charge on any atom is 0.257 e. The predicted octanol–water partition coefficient (Wildman–Crippen LogP) is 0.486. The third-order valence-corrected chi connectivity index (χ3v) is 2.63. The summed E-state index contributed by atoms with van der Waals surface area (Å²) in [7, 11) is 4.81. The van der Waals surface area contributed by atoms with Gasteiger partial charge in [0.15, 0.2) is 0 Å². The quantitative estimate of drug-likeness (QED) is 0.759. The number of methoxy groups -OCH3 is 1. The van der Waals surface area contributed by atoms with Crippen LogP contribution in [0, 0.1) is 0 Å². The molecule has 0 aromatic heterocycles. The van der Waals surface area contributed by atoms with Crippen LogP contribution in [0.4, 0.5) is 5.69 Å². The number of carbonyl (C=O) groups is 2. The van der Waals surface area contributed by atoms with E-state index in [-0.39, 0.29) is 24.8 Å². The first kappa shape index (κ1) is 14.8. The molecule has 0 heterocycles. The molecule has 19 heavy (non-hydrogen) atoms. The number of hydrogen-bond acceptors (Lipinski definition) is 4. The number of rotatable bonds is 5. The molecule has 6 heteroatoms. The van der Waals surface area contributed by atoms with E-state index in [0.717, 1.165) is 0 Å². The van der Waals surface area contributed by atoms with E-state index >= 15 is 0 Å². The second kappa shape index (κ2) is 6.63. The van der Waals surface area contributed by atoms with Crippen LogP contribution in [0.15, 0.2) is 18.2 Å². The van der Waals surface area contributed by atoms with E-state index in [0.29, 0.717) is 17.0 Å². The summed E-state index contributed by atoms with van der Waals surface area (Å²) in [6.07, 6.45) is 0.244. The summed E-state index contributed by atoms with van der Waals surface area (Å²) in [5, 5.41) is 2.65. The molecule has 3 N–H and O–H groups in total. The van der Waals surface area contributed by atoms with E-state index in [2.05, 4.69) is 5.32 Å². The lowest BCUT2D eigenvalue weighted by Crippen LogP contribution is -2.30. The Hall–Kier alpha value is -2.24. The minimum absolute atomic E-state index is 0.0479. The van der Waals surface area contributed by atoms with Gasteiger partial charge in [-0.2, -0.15) is 0 Å². The summed E-state index contributed by atoms with van der Waals surface area (Å²) in [5.74, 6) is 0.0197. The van der Waals surface area contributed by atoms with Gasteiger partial charge in [0, 0.05) is 32.7 Å². The zero-order chi connectivity index (χ0) is 14.4. The maximum absolute atomic E-state index is 12.0. The zero-order valence-corrected chi connectivity index (χ0v) is 11.4. The van der Waals surface area contributed by atoms with Crippen molar-refractivity contribution in [2.75, 3.05) is 33.5 Å². The second-order valence-corrected chi connectivity index (χ2v) is 4.22. The van der Waals surface area contributed by atoms with Crippen molar-refractivity contribution >= 4 is 17.5 Å². The van der Waals surface area contributed by atoms with Crippen molar-refractivity contribution in [1.82, 2.24) is 10.2 Å². The van der Waals surface area contributed by atoms with Crippen LogP contribution in [-0.2, 0) is 4.79 Å². The molecule has 2 amide bonds. The maximum atomic E-state index is 12.0. The molecular formula is C13H19N3O3. The van der Waals surface area contributed by atoms with Gasteiger partial charge in [-0.3, -0.25) is 9.59 Å². The summed E-state index contributed by atoms with van der Waals surface area (Å²) >= 11 is 0. The van der Waals surface area contributed by atoms with E-state index in [1.807, 2.05) is 0 Å². The van der Waals surface area contributed by atoms with Crippen LogP contribution in [0.5, 0.6) is 5.75 Å². The van der Waals surface area contributed by atoms with Crippen molar-refractivity contribution in [2.45, 2.75) is 6.42 Å². The lowest BCUT2D eigenvalue weighted by Gasteiger charge is -2.13. The summed E-state index contributed by atoms with van der Waals surface area (Å²) in [4.78, 5) is 24.9. The number of ether oxygens (including phenoxy) is 1. The highest BCUT2D eigenvalue weighted by atomic mass is 16.5. The molecule has 0 spiro atoms. The Morgan fingerprint density at radius 1 is 1.37 bits per heavy atom. The Kier molecular flexibility index (Phi) is 5.17. The molecule has 1 aromatic carbocycles. The second-order valence-electron chi connectivity index (χ2n) is 4.22. The standard InChI is InChI=1S/C13H19N3O3/c1-16(2)11(17)7-8-15-13(18)12-9(14)5-4-6-10(12)19-3/h4-6H,7-8,14H2,1-3H3,(H,15,18). The van der Waals surface area contributed by atoms with Gasteiger partial charge in [-0.1, -0.05) is 6.07 Å². The highest BCUT2D eigenvalue weighted by Crippen LogP contribution is 2.23. The number of anilines is 1. The first-order valence-electron chi connectivity index (χ1n) is 5.88. The van der Waals surface area contributed by atoms with Crippen LogP contribution in [0.3, 0.4) is 0 Å². The molecule has 0 aliphatic heterocycles. The number of nitrogen functional groups attached to an aromatic ring is 1. The molecule has 0 aliphatic rings. The topological polar surface area (TPSA) is 84.7 Å². The summed E-state index contributed by atoms with van der Waals surface area (Å²) in [6, 6.07) is 5.00. The number of benzene rings is 1. The van der Waals surface area contributed by atoms with Crippen molar-refractivity contribution in [2.24, 2.45) is 0 Å². The predicted molar refractivity (Wildman–Crippen MR) is 73.1 cm³/mol. The van der Waals surface area contributed by atoms with Gasteiger partial charge in [0.2, 0.25) is 5.91 Å². The van der Waals surface area contributed by atoms with Crippen molar-refractivity contribution in [3.05, 3.63) is 23.8 Å². The van der Waals surface area contributed by atoms with Crippen LogP contribution in [0.25, 0.3) is 0 Å². The SMILES string of the molecule is COc1cccc(N)c1C(=O)NCCC(=O)N(C)C. The van der Waals surface area contributed by atoms with Crippen molar-refractivity contribution in [3.8, 4) is 5.75 Å². The van der Waals surface area contributed by atoms with Crippen LogP contribution in [-0.4, -0.2) is 44.5 Å². The molecule has 104 valence electrons. The fourth-order valence-corrected chi connectivity index (χ4v) is 1.56. The molecule has 0 saturated carbocycles. The third-order valence-electron chi connectivity index (χ3n) is 2.63. The van der Waals surface area contributed by atoms with Crippen LogP contribution in [0.1, 0.15) is 16.8 Å².